The highest BCUT2D eigenvalue weighted by atomic mass is 35.5. The molecular weight excluding hydrogens is 386 g/mol. The number of nitrogens with one attached hydrogen (secondary N) is 1. The Balaban J connectivity index is 1.46. The fraction of sp³-hybridized carbons (Fsp3) is 0. The Morgan fingerprint density at radius 2 is 1.79 bits per heavy atom. The second-order valence-electron chi connectivity index (χ2n) is 6.56. The molecule has 0 aliphatic heterocycles. The summed E-state index contributed by atoms with van der Waals surface area (Å²) in [4.78, 5) is 21.0. The van der Waals surface area contributed by atoms with Crippen LogP contribution in [0.1, 0.15) is 10.4 Å². The first kappa shape index (κ1) is 17.4. The highest BCUT2D eigenvalue weighted by Crippen LogP contribution is 2.28. The first-order chi connectivity index (χ1) is 14.2. The molecule has 1 amide bonds. The van der Waals surface area contributed by atoms with Crippen LogP contribution in [0.4, 0.5) is 5.69 Å². The van der Waals surface area contributed by atoms with E-state index in [2.05, 4.69) is 27.4 Å². The van der Waals surface area contributed by atoms with E-state index < -0.39 is 0 Å². The second-order valence-corrected chi connectivity index (χ2v) is 6.92. The molecular formula is C23H14ClN3O2. The zero-order chi connectivity index (χ0) is 19.8. The number of rotatable bonds is 3. The zero-order valence-electron chi connectivity index (χ0n) is 15.1. The molecule has 2 heterocycles. The summed E-state index contributed by atoms with van der Waals surface area (Å²) in [7, 11) is 0. The lowest BCUT2D eigenvalue weighted by molar-refractivity contribution is 0.102. The molecule has 2 aromatic heterocycles. The van der Waals surface area contributed by atoms with Crippen LogP contribution in [0.2, 0.25) is 5.15 Å². The average Bonchev–Trinajstić information content (AvgIpc) is 3.17. The Kier molecular flexibility index (Phi) is 4.22. The molecule has 0 radical (unpaired) electrons. The smallest absolute Gasteiger partial charge is 0.258 e. The van der Waals surface area contributed by atoms with Gasteiger partial charge in [-0.05, 0) is 53.2 Å². The van der Waals surface area contributed by atoms with Gasteiger partial charge in [-0.2, -0.15) is 0 Å². The summed E-state index contributed by atoms with van der Waals surface area (Å²) < 4.78 is 5.91. The lowest BCUT2D eigenvalue weighted by Gasteiger charge is -2.05. The Morgan fingerprint density at radius 1 is 0.931 bits per heavy atom. The summed E-state index contributed by atoms with van der Waals surface area (Å²) >= 11 is 5.99. The van der Waals surface area contributed by atoms with Crippen LogP contribution in [-0.4, -0.2) is 15.9 Å². The van der Waals surface area contributed by atoms with Crippen molar-refractivity contribution in [2.75, 3.05) is 5.32 Å². The van der Waals surface area contributed by atoms with Crippen molar-refractivity contribution < 1.29 is 9.21 Å². The molecule has 0 fully saturated rings. The van der Waals surface area contributed by atoms with Crippen LogP contribution in [0.3, 0.4) is 0 Å². The van der Waals surface area contributed by atoms with Gasteiger partial charge in [0.1, 0.15) is 10.7 Å². The summed E-state index contributed by atoms with van der Waals surface area (Å²) in [6.07, 6.45) is 1.54. The molecule has 1 N–H and O–H groups in total. The first-order valence-electron chi connectivity index (χ1n) is 8.99. The number of nitrogens with zero attached hydrogens (tertiary/aromatic N) is 2. The van der Waals surface area contributed by atoms with Gasteiger partial charge in [-0.1, -0.05) is 41.9 Å². The van der Waals surface area contributed by atoms with Crippen LogP contribution in [0.15, 0.2) is 83.4 Å². The third-order valence-electron chi connectivity index (χ3n) is 4.65. The van der Waals surface area contributed by atoms with Gasteiger partial charge >= 0.3 is 0 Å². The Hall–Kier alpha value is -3.70. The first-order valence-corrected chi connectivity index (χ1v) is 9.37. The van der Waals surface area contributed by atoms with Crippen molar-refractivity contribution in [1.29, 1.82) is 0 Å². The number of aromatic nitrogens is 2. The van der Waals surface area contributed by atoms with Crippen LogP contribution in [0.5, 0.6) is 0 Å². The standard InChI is InChI=1S/C23H14ClN3O2/c24-21-18(6-3-11-25-21)22(28)26-17-9-10-20-19(13-17)27-23(29-20)16-8-7-14-4-1-2-5-15(14)12-16/h1-13H,(H,26,28). The van der Waals surface area contributed by atoms with Gasteiger partial charge in [-0.15, -0.1) is 0 Å². The van der Waals surface area contributed by atoms with E-state index in [4.69, 9.17) is 16.0 Å². The lowest BCUT2D eigenvalue weighted by Crippen LogP contribution is -2.12. The molecule has 0 spiro atoms. The number of fused-ring (bicyclic) bond motifs is 2. The van der Waals surface area contributed by atoms with Crippen molar-refractivity contribution in [3.05, 3.63) is 89.7 Å². The quantitative estimate of drug-likeness (QED) is 0.381. The third-order valence-corrected chi connectivity index (χ3v) is 4.95. The van der Waals surface area contributed by atoms with E-state index >= 15 is 0 Å². The molecule has 0 unspecified atom stereocenters. The predicted molar refractivity (Wildman–Crippen MR) is 114 cm³/mol. The Morgan fingerprint density at radius 3 is 2.66 bits per heavy atom. The molecule has 0 atom stereocenters. The predicted octanol–water partition coefficient (Wildman–Crippen LogP) is 5.95. The lowest BCUT2D eigenvalue weighted by atomic mass is 10.1. The van der Waals surface area contributed by atoms with Crippen LogP contribution in [0.25, 0.3) is 33.3 Å². The number of amides is 1. The molecule has 0 aliphatic rings. The molecule has 140 valence electrons. The van der Waals surface area contributed by atoms with Crippen LogP contribution in [-0.2, 0) is 0 Å². The van der Waals surface area contributed by atoms with Gasteiger partial charge in [-0.25, -0.2) is 9.97 Å². The number of halogens is 1. The summed E-state index contributed by atoms with van der Waals surface area (Å²) in [5.41, 5.74) is 3.11. The number of carbonyl (C=O) groups is 1. The van der Waals surface area contributed by atoms with Gasteiger partial charge in [0, 0.05) is 17.4 Å². The largest absolute Gasteiger partial charge is 0.436 e. The molecule has 6 heteroatoms. The van der Waals surface area contributed by atoms with Gasteiger partial charge in [0.25, 0.3) is 5.91 Å². The van der Waals surface area contributed by atoms with Crippen molar-refractivity contribution in [1.82, 2.24) is 9.97 Å². The van der Waals surface area contributed by atoms with Crippen molar-refractivity contribution >= 4 is 45.1 Å². The van der Waals surface area contributed by atoms with Crippen molar-refractivity contribution in [3.8, 4) is 11.5 Å². The molecule has 0 saturated heterocycles. The maximum Gasteiger partial charge on any atom is 0.258 e. The topological polar surface area (TPSA) is 68.0 Å². The summed E-state index contributed by atoms with van der Waals surface area (Å²) in [5.74, 6) is 0.199. The fourth-order valence-corrected chi connectivity index (χ4v) is 3.41. The molecule has 3 aromatic carbocycles. The van der Waals surface area contributed by atoms with Gasteiger partial charge in [0.15, 0.2) is 5.58 Å². The number of hydrogen-bond acceptors (Lipinski definition) is 4. The molecule has 5 nitrogen and oxygen atoms in total. The van der Waals surface area contributed by atoms with E-state index in [0.717, 1.165) is 16.3 Å². The van der Waals surface area contributed by atoms with Gasteiger partial charge in [0.05, 0.1) is 5.56 Å². The van der Waals surface area contributed by atoms with E-state index in [1.807, 2.05) is 30.3 Å². The molecule has 5 aromatic rings. The van der Waals surface area contributed by atoms with Crippen LogP contribution in [0, 0.1) is 0 Å². The van der Waals surface area contributed by atoms with Crippen molar-refractivity contribution in [2.45, 2.75) is 0 Å². The van der Waals surface area contributed by atoms with Gasteiger partial charge in [0.2, 0.25) is 5.89 Å². The van der Waals surface area contributed by atoms with Crippen molar-refractivity contribution in [3.63, 3.8) is 0 Å². The maximum absolute atomic E-state index is 12.4. The highest BCUT2D eigenvalue weighted by molar-refractivity contribution is 6.33. The fourth-order valence-electron chi connectivity index (χ4n) is 3.20. The van der Waals surface area contributed by atoms with Gasteiger partial charge < -0.3 is 9.73 Å². The van der Waals surface area contributed by atoms with E-state index in [-0.39, 0.29) is 11.1 Å². The highest BCUT2D eigenvalue weighted by Gasteiger charge is 2.13. The number of anilines is 1. The maximum atomic E-state index is 12.4. The monoisotopic (exact) mass is 399 g/mol. The third kappa shape index (κ3) is 3.32. The number of carbonyl (C=O) groups excluding carboxylic acids is 1. The van der Waals surface area contributed by atoms with E-state index in [9.17, 15) is 4.79 Å². The van der Waals surface area contributed by atoms with Crippen LogP contribution >= 0.6 is 11.6 Å². The van der Waals surface area contributed by atoms with Gasteiger partial charge in [-0.3, -0.25) is 4.79 Å². The minimum absolute atomic E-state index is 0.158. The molecule has 5 rings (SSSR count). The molecule has 0 saturated carbocycles. The second kappa shape index (κ2) is 7.04. The number of pyridine rings is 1. The van der Waals surface area contributed by atoms with Crippen LogP contribution < -0.4 is 5.32 Å². The Labute approximate surface area is 171 Å². The number of oxazole rings is 1. The summed E-state index contributed by atoms with van der Waals surface area (Å²) in [6, 6.07) is 22.8. The molecule has 0 aliphatic carbocycles. The minimum Gasteiger partial charge on any atom is -0.436 e. The number of hydrogen-bond donors (Lipinski definition) is 1. The summed E-state index contributed by atoms with van der Waals surface area (Å²) in [5, 5.41) is 5.26. The minimum atomic E-state index is -0.333. The average molecular weight is 400 g/mol. The van der Waals surface area contributed by atoms with E-state index in [0.29, 0.717) is 28.2 Å². The Bertz CT molecular complexity index is 1380. The number of benzene rings is 3. The molecule has 0 bridgehead atoms. The van der Waals surface area contributed by atoms with E-state index in [1.165, 1.54) is 6.20 Å². The zero-order valence-corrected chi connectivity index (χ0v) is 15.9. The molecule has 29 heavy (non-hydrogen) atoms. The SMILES string of the molecule is O=C(Nc1ccc2oc(-c3ccc4ccccc4c3)nc2c1)c1cccnc1Cl. The van der Waals surface area contributed by atoms with Crippen molar-refractivity contribution in [2.24, 2.45) is 0 Å². The normalized spacial score (nSPS) is 11.1. The summed E-state index contributed by atoms with van der Waals surface area (Å²) in [6.45, 7) is 0. The van der Waals surface area contributed by atoms with E-state index in [1.54, 1.807) is 30.3 Å².